The van der Waals surface area contributed by atoms with Crippen LogP contribution in [0.15, 0.2) is 42.5 Å². The number of nitrogens with zero attached hydrogens (tertiary/aromatic N) is 1. The van der Waals surface area contributed by atoms with Gasteiger partial charge in [0.05, 0.1) is 13.7 Å². The number of benzene rings is 2. The summed E-state index contributed by atoms with van der Waals surface area (Å²) < 4.78 is 23.2. The Bertz CT molecular complexity index is 880. The fourth-order valence-electron chi connectivity index (χ4n) is 3.66. The van der Waals surface area contributed by atoms with Crippen LogP contribution in [0, 0.1) is 0 Å². The Morgan fingerprint density at radius 3 is 2.67 bits per heavy atom. The van der Waals surface area contributed by atoms with Crippen LogP contribution in [-0.2, 0) is 0 Å². The summed E-state index contributed by atoms with van der Waals surface area (Å²) in [7, 11) is 3.70. The van der Waals surface area contributed by atoms with Crippen LogP contribution in [0.3, 0.4) is 0 Å². The molecule has 0 aliphatic carbocycles. The molecule has 1 unspecified atom stereocenters. The third-order valence-electron chi connectivity index (χ3n) is 5.44. The lowest BCUT2D eigenvalue weighted by atomic mass is 10.1. The van der Waals surface area contributed by atoms with Gasteiger partial charge in [-0.05, 0) is 50.2 Å². The van der Waals surface area contributed by atoms with Crippen LogP contribution in [0.25, 0.3) is 0 Å². The molecule has 2 heterocycles. The van der Waals surface area contributed by atoms with Crippen LogP contribution in [-0.4, -0.2) is 63.4 Å². The number of fused-ring (bicyclic) bond motifs is 1. The summed E-state index contributed by atoms with van der Waals surface area (Å²) in [6.07, 6.45) is 1.89. The molecule has 1 fully saturated rings. The Labute approximate surface area is 176 Å². The number of amides is 1. The van der Waals surface area contributed by atoms with E-state index in [9.17, 15) is 4.79 Å². The molecular formula is C23H28N2O5. The van der Waals surface area contributed by atoms with Crippen molar-refractivity contribution in [3.05, 3.63) is 48.0 Å². The first-order chi connectivity index (χ1) is 14.6. The number of hydrogen-bond donors (Lipinski definition) is 1. The molecule has 7 heteroatoms. The Morgan fingerprint density at radius 2 is 1.90 bits per heavy atom. The zero-order valence-corrected chi connectivity index (χ0v) is 17.4. The first-order valence-electron chi connectivity index (χ1n) is 10.3. The lowest BCUT2D eigenvalue weighted by Crippen LogP contribution is -2.40. The van der Waals surface area contributed by atoms with Crippen LogP contribution in [0.1, 0.15) is 23.2 Å². The second-order valence-corrected chi connectivity index (χ2v) is 7.69. The number of para-hydroxylation sites is 2. The maximum absolute atomic E-state index is 12.6. The van der Waals surface area contributed by atoms with E-state index in [1.165, 1.54) is 0 Å². The molecule has 0 saturated carbocycles. The van der Waals surface area contributed by atoms with Gasteiger partial charge in [-0.2, -0.15) is 0 Å². The summed E-state index contributed by atoms with van der Waals surface area (Å²) in [5.41, 5.74) is 0.514. The van der Waals surface area contributed by atoms with E-state index in [1.807, 2.05) is 30.3 Å². The number of piperidine rings is 1. The number of methoxy groups -OCH3 is 1. The molecule has 2 aromatic carbocycles. The van der Waals surface area contributed by atoms with Crippen LogP contribution in [0.5, 0.6) is 23.0 Å². The maximum Gasteiger partial charge on any atom is 0.251 e. The molecular weight excluding hydrogens is 384 g/mol. The summed E-state index contributed by atoms with van der Waals surface area (Å²) in [5.74, 6) is 2.46. The van der Waals surface area contributed by atoms with Gasteiger partial charge in [0.15, 0.2) is 23.0 Å². The van der Waals surface area contributed by atoms with Crippen molar-refractivity contribution in [1.82, 2.24) is 10.2 Å². The van der Waals surface area contributed by atoms with Gasteiger partial charge >= 0.3 is 0 Å². The summed E-state index contributed by atoms with van der Waals surface area (Å²) in [5, 5.41) is 2.91. The van der Waals surface area contributed by atoms with Crippen molar-refractivity contribution in [3.8, 4) is 23.0 Å². The van der Waals surface area contributed by atoms with Crippen molar-refractivity contribution >= 4 is 5.91 Å². The molecule has 2 aliphatic heterocycles. The first kappa shape index (κ1) is 20.3. The molecule has 0 aromatic heterocycles. The molecule has 160 valence electrons. The van der Waals surface area contributed by atoms with Gasteiger partial charge in [0.25, 0.3) is 5.91 Å². The molecule has 0 bridgehead atoms. The Morgan fingerprint density at radius 1 is 1.13 bits per heavy atom. The quantitative estimate of drug-likeness (QED) is 0.787. The molecule has 0 radical (unpaired) electrons. The van der Waals surface area contributed by atoms with Gasteiger partial charge < -0.3 is 29.2 Å². The third kappa shape index (κ3) is 4.79. The number of hydrogen-bond acceptors (Lipinski definition) is 6. The van der Waals surface area contributed by atoms with Crippen molar-refractivity contribution in [2.45, 2.75) is 25.0 Å². The minimum Gasteiger partial charge on any atom is -0.493 e. The number of likely N-dealkylation sites (tertiary alicyclic amines) is 1. The van der Waals surface area contributed by atoms with Crippen molar-refractivity contribution in [2.24, 2.45) is 0 Å². The average molecular weight is 412 g/mol. The van der Waals surface area contributed by atoms with Crippen LogP contribution in [0.4, 0.5) is 0 Å². The van der Waals surface area contributed by atoms with Crippen LogP contribution < -0.4 is 24.3 Å². The first-order valence-corrected chi connectivity index (χ1v) is 10.3. The Balaban J connectivity index is 1.34. The summed E-state index contributed by atoms with van der Waals surface area (Å²) >= 11 is 0. The summed E-state index contributed by atoms with van der Waals surface area (Å²) in [6.45, 7) is 2.78. The SMILES string of the molecule is COc1cc(C(=O)NCC2COc3ccccc3O2)ccc1OC1CCN(C)CC1. The lowest BCUT2D eigenvalue weighted by Gasteiger charge is -2.29. The molecule has 30 heavy (non-hydrogen) atoms. The smallest absolute Gasteiger partial charge is 0.251 e. The highest BCUT2D eigenvalue weighted by atomic mass is 16.6. The van der Waals surface area contributed by atoms with E-state index in [0.717, 1.165) is 31.7 Å². The van der Waals surface area contributed by atoms with Crippen LogP contribution in [0.2, 0.25) is 0 Å². The van der Waals surface area contributed by atoms with Gasteiger partial charge in [0.1, 0.15) is 18.8 Å². The number of ether oxygens (including phenoxy) is 4. The van der Waals surface area contributed by atoms with E-state index in [-0.39, 0.29) is 18.1 Å². The number of rotatable bonds is 6. The van der Waals surface area contributed by atoms with Gasteiger partial charge in [-0.1, -0.05) is 12.1 Å². The number of carbonyl (C=O) groups is 1. The normalized spacial score (nSPS) is 19.2. The van der Waals surface area contributed by atoms with Gasteiger partial charge in [-0.3, -0.25) is 4.79 Å². The Hall–Kier alpha value is -2.93. The zero-order chi connectivity index (χ0) is 20.9. The van der Waals surface area contributed by atoms with Crippen molar-refractivity contribution in [2.75, 3.05) is 40.4 Å². The van der Waals surface area contributed by atoms with Gasteiger partial charge in [0.2, 0.25) is 0 Å². The standard InChI is InChI=1S/C23H28N2O5/c1-25-11-9-17(10-12-25)29-21-8-7-16(13-22(21)27-2)23(26)24-14-18-15-28-19-5-3-4-6-20(19)30-18/h3-8,13,17-18H,9-12,14-15H2,1-2H3,(H,24,26). The van der Waals surface area contributed by atoms with E-state index in [4.69, 9.17) is 18.9 Å². The van der Waals surface area contributed by atoms with E-state index in [0.29, 0.717) is 36.0 Å². The molecule has 2 aromatic rings. The van der Waals surface area contributed by atoms with E-state index in [2.05, 4.69) is 17.3 Å². The van der Waals surface area contributed by atoms with Gasteiger partial charge in [0, 0.05) is 18.7 Å². The zero-order valence-electron chi connectivity index (χ0n) is 17.4. The predicted octanol–water partition coefficient (Wildman–Crippen LogP) is 2.74. The topological polar surface area (TPSA) is 69.3 Å². The number of carbonyl (C=O) groups excluding carboxylic acids is 1. The fraction of sp³-hybridized carbons (Fsp3) is 0.435. The highest BCUT2D eigenvalue weighted by Gasteiger charge is 2.23. The molecule has 1 atom stereocenters. The highest BCUT2D eigenvalue weighted by molar-refractivity contribution is 5.94. The van der Waals surface area contributed by atoms with E-state index >= 15 is 0 Å². The predicted molar refractivity (Wildman–Crippen MR) is 113 cm³/mol. The second-order valence-electron chi connectivity index (χ2n) is 7.69. The molecule has 1 saturated heterocycles. The minimum absolute atomic E-state index is 0.168. The number of nitrogens with one attached hydrogen (secondary N) is 1. The molecule has 1 amide bonds. The third-order valence-corrected chi connectivity index (χ3v) is 5.44. The van der Waals surface area contributed by atoms with Crippen LogP contribution >= 0.6 is 0 Å². The summed E-state index contributed by atoms with van der Waals surface area (Å²) in [4.78, 5) is 14.9. The Kier molecular flexibility index (Phi) is 6.28. The highest BCUT2D eigenvalue weighted by Crippen LogP contribution is 2.32. The summed E-state index contributed by atoms with van der Waals surface area (Å²) in [6, 6.07) is 12.8. The van der Waals surface area contributed by atoms with Crippen molar-refractivity contribution in [3.63, 3.8) is 0 Å². The van der Waals surface area contributed by atoms with E-state index in [1.54, 1.807) is 19.2 Å². The fourth-order valence-corrected chi connectivity index (χ4v) is 3.66. The average Bonchev–Trinajstić information content (AvgIpc) is 2.79. The van der Waals surface area contributed by atoms with Crippen molar-refractivity contribution in [1.29, 1.82) is 0 Å². The van der Waals surface area contributed by atoms with E-state index < -0.39 is 0 Å². The molecule has 7 nitrogen and oxygen atoms in total. The maximum atomic E-state index is 12.6. The van der Waals surface area contributed by atoms with Gasteiger partial charge in [-0.15, -0.1) is 0 Å². The molecule has 1 N–H and O–H groups in total. The largest absolute Gasteiger partial charge is 0.493 e. The monoisotopic (exact) mass is 412 g/mol. The molecule has 0 spiro atoms. The second kappa shape index (κ2) is 9.26. The lowest BCUT2D eigenvalue weighted by molar-refractivity contribution is 0.0789. The minimum atomic E-state index is -0.238. The van der Waals surface area contributed by atoms with Gasteiger partial charge in [-0.25, -0.2) is 0 Å². The molecule has 4 rings (SSSR count). The van der Waals surface area contributed by atoms with Crippen molar-refractivity contribution < 1.29 is 23.7 Å². The molecule has 2 aliphatic rings.